The Morgan fingerprint density at radius 1 is 1.06 bits per heavy atom. The lowest BCUT2D eigenvalue weighted by Gasteiger charge is -2.33. The Morgan fingerprint density at radius 2 is 1.71 bits per heavy atom. The smallest absolute Gasteiger partial charge is 0.261 e. The molecule has 190 valence electrons. The first-order valence-electron chi connectivity index (χ1n) is 12.8. The molecular formula is C29H39FN2O3. The van der Waals surface area contributed by atoms with E-state index in [2.05, 4.69) is 26.1 Å². The molecule has 1 N–H and O–H groups in total. The van der Waals surface area contributed by atoms with Crippen molar-refractivity contribution >= 4 is 11.8 Å². The van der Waals surface area contributed by atoms with Gasteiger partial charge in [-0.2, -0.15) is 0 Å². The van der Waals surface area contributed by atoms with Gasteiger partial charge in [0, 0.05) is 12.6 Å². The molecule has 2 aromatic rings. The Bertz CT molecular complexity index is 978. The van der Waals surface area contributed by atoms with Gasteiger partial charge in [0.25, 0.3) is 5.91 Å². The van der Waals surface area contributed by atoms with Crippen LogP contribution in [0.3, 0.4) is 0 Å². The zero-order chi connectivity index (χ0) is 25.4. The lowest BCUT2D eigenvalue weighted by molar-refractivity contribution is -0.143. The second kappa shape index (κ2) is 12.2. The normalized spacial score (nSPS) is 15.3. The monoisotopic (exact) mass is 482 g/mol. The van der Waals surface area contributed by atoms with Crippen molar-refractivity contribution in [2.24, 2.45) is 0 Å². The van der Waals surface area contributed by atoms with Crippen molar-refractivity contribution < 1.29 is 18.7 Å². The quantitative estimate of drug-likeness (QED) is 0.494. The Kier molecular flexibility index (Phi) is 9.30. The number of benzene rings is 2. The van der Waals surface area contributed by atoms with E-state index < -0.39 is 6.04 Å². The number of ether oxygens (including phenoxy) is 1. The fraction of sp³-hybridized carbons (Fsp3) is 0.517. The molecule has 2 amide bonds. The Hall–Kier alpha value is -2.89. The van der Waals surface area contributed by atoms with Gasteiger partial charge in [-0.15, -0.1) is 0 Å². The first kappa shape index (κ1) is 26.7. The van der Waals surface area contributed by atoms with Crippen LogP contribution < -0.4 is 10.1 Å². The molecule has 1 unspecified atom stereocenters. The molecule has 0 radical (unpaired) electrons. The predicted molar refractivity (Wildman–Crippen MR) is 137 cm³/mol. The summed E-state index contributed by atoms with van der Waals surface area (Å²) in [5.74, 6) is -0.0840. The summed E-state index contributed by atoms with van der Waals surface area (Å²) in [5.41, 5.74) is 1.64. The number of halogens is 1. The van der Waals surface area contributed by atoms with E-state index in [9.17, 15) is 14.0 Å². The van der Waals surface area contributed by atoms with Gasteiger partial charge in [0.15, 0.2) is 6.61 Å². The van der Waals surface area contributed by atoms with E-state index in [1.165, 1.54) is 18.6 Å². The maximum Gasteiger partial charge on any atom is 0.261 e. The number of carbonyl (C=O) groups is 2. The molecule has 1 saturated carbocycles. The van der Waals surface area contributed by atoms with Gasteiger partial charge in [0.1, 0.15) is 17.6 Å². The number of amides is 2. The van der Waals surface area contributed by atoms with E-state index in [0.29, 0.717) is 12.2 Å². The number of para-hydroxylation sites is 1. The third-order valence-electron chi connectivity index (χ3n) is 6.65. The number of carbonyl (C=O) groups excluding carboxylic acids is 2. The molecule has 5 nitrogen and oxygen atoms in total. The van der Waals surface area contributed by atoms with E-state index in [4.69, 9.17) is 4.74 Å². The highest BCUT2D eigenvalue weighted by Gasteiger charge is 2.31. The van der Waals surface area contributed by atoms with E-state index in [1.807, 2.05) is 31.2 Å². The maximum absolute atomic E-state index is 13.5. The van der Waals surface area contributed by atoms with E-state index in [0.717, 1.165) is 36.8 Å². The van der Waals surface area contributed by atoms with Gasteiger partial charge in [0.2, 0.25) is 5.91 Å². The lowest BCUT2D eigenvalue weighted by atomic mass is 9.86. The van der Waals surface area contributed by atoms with Gasteiger partial charge in [-0.3, -0.25) is 9.59 Å². The summed E-state index contributed by atoms with van der Waals surface area (Å²) in [6, 6.07) is 13.3. The Morgan fingerprint density at radius 3 is 2.34 bits per heavy atom. The number of hydrogen-bond donors (Lipinski definition) is 1. The van der Waals surface area contributed by atoms with Crippen molar-refractivity contribution in [2.75, 3.05) is 6.61 Å². The average molecular weight is 483 g/mol. The molecule has 1 atom stereocenters. The summed E-state index contributed by atoms with van der Waals surface area (Å²) in [6.07, 6.45) is 5.85. The van der Waals surface area contributed by atoms with Crippen LogP contribution in [-0.4, -0.2) is 35.4 Å². The fourth-order valence-corrected chi connectivity index (χ4v) is 4.68. The highest BCUT2D eigenvalue weighted by Crippen LogP contribution is 2.31. The van der Waals surface area contributed by atoms with Gasteiger partial charge in [0.05, 0.1) is 0 Å². The Balaban J connectivity index is 1.79. The van der Waals surface area contributed by atoms with Gasteiger partial charge < -0.3 is 15.0 Å². The molecule has 0 bridgehead atoms. The highest BCUT2D eigenvalue weighted by molar-refractivity contribution is 5.88. The molecular weight excluding hydrogens is 443 g/mol. The SMILES string of the molecule is CCC(C(=O)NC1CCCCC1)N(Cc1ccc(F)cc1)C(=O)COc1ccccc1C(C)(C)C. The summed E-state index contributed by atoms with van der Waals surface area (Å²) in [6.45, 7) is 8.23. The first-order valence-corrected chi connectivity index (χ1v) is 12.8. The van der Waals surface area contributed by atoms with Crippen molar-refractivity contribution in [3.05, 3.63) is 65.5 Å². The number of nitrogens with one attached hydrogen (secondary N) is 1. The Labute approximate surface area is 209 Å². The predicted octanol–water partition coefficient (Wildman–Crippen LogP) is 5.76. The highest BCUT2D eigenvalue weighted by atomic mass is 19.1. The average Bonchev–Trinajstić information content (AvgIpc) is 2.84. The molecule has 35 heavy (non-hydrogen) atoms. The van der Waals surface area contributed by atoms with Crippen molar-refractivity contribution in [3.8, 4) is 5.75 Å². The molecule has 0 heterocycles. The van der Waals surface area contributed by atoms with Crippen LogP contribution in [0.15, 0.2) is 48.5 Å². The molecule has 0 aliphatic heterocycles. The molecule has 6 heteroatoms. The molecule has 1 fully saturated rings. The van der Waals surface area contributed by atoms with Crippen LogP contribution in [0.2, 0.25) is 0 Å². The summed E-state index contributed by atoms with van der Waals surface area (Å²) >= 11 is 0. The topological polar surface area (TPSA) is 58.6 Å². The van der Waals surface area contributed by atoms with Crippen LogP contribution in [0.4, 0.5) is 4.39 Å². The molecule has 3 rings (SSSR count). The number of nitrogens with zero attached hydrogens (tertiary/aromatic N) is 1. The van der Waals surface area contributed by atoms with E-state index in [1.54, 1.807) is 17.0 Å². The van der Waals surface area contributed by atoms with Crippen LogP contribution in [0.1, 0.15) is 77.3 Å². The number of rotatable bonds is 9. The minimum atomic E-state index is -0.629. The zero-order valence-corrected chi connectivity index (χ0v) is 21.5. The van der Waals surface area contributed by atoms with Gasteiger partial charge in [-0.25, -0.2) is 4.39 Å². The standard InChI is InChI=1S/C29H39FN2O3/c1-5-25(28(34)31-23-11-7-6-8-12-23)32(19-21-15-17-22(30)18-16-21)27(33)20-35-26-14-10-9-13-24(26)29(2,3)4/h9-10,13-18,23,25H,5-8,11-12,19-20H2,1-4H3,(H,31,34). The summed E-state index contributed by atoms with van der Waals surface area (Å²) in [5, 5.41) is 3.17. The van der Waals surface area contributed by atoms with Crippen LogP contribution in [0.5, 0.6) is 5.75 Å². The van der Waals surface area contributed by atoms with Crippen LogP contribution in [-0.2, 0) is 21.5 Å². The number of hydrogen-bond acceptors (Lipinski definition) is 3. The molecule has 1 aliphatic rings. The lowest BCUT2D eigenvalue weighted by Crippen LogP contribution is -2.52. The second-order valence-electron chi connectivity index (χ2n) is 10.5. The van der Waals surface area contributed by atoms with Crippen molar-refractivity contribution in [3.63, 3.8) is 0 Å². The van der Waals surface area contributed by atoms with Crippen LogP contribution in [0, 0.1) is 5.82 Å². The summed E-state index contributed by atoms with van der Waals surface area (Å²) in [7, 11) is 0. The second-order valence-corrected chi connectivity index (χ2v) is 10.5. The fourth-order valence-electron chi connectivity index (χ4n) is 4.68. The molecule has 0 saturated heterocycles. The van der Waals surface area contributed by atoms with Gasteiger partial charge >= 0.3 is 0 Å². The van der Waals surface area contributed by atoms with Crippen LogP contribution in [0.25, 0.3) is 0 Å². The summed E-state index contributed by atoms with van der Waals surface area (Å²) < 4.78 is 19.5. The maximum atomic E-state index is 13.5. The molecule has 2 aromatic carbocycles. The largest absolute Gasteiger partial charge is 0.483 e. The van der Waals surface area contributed by atoms with E-state index in [-0.39, 0.29) is 42.2 Å². The van der Waals surface area contributed by atoms with Gasteiger partial charge in [-0.1, -0.05) is 77.3 Å². The molecule has 0 aromatic heterocycles. The third kappa shape index (κ3) is 7.55. The third-order valence-corrected chi connectivity index (χ3v) is 6.65. The van der Waals surface area contributed by atoms with Crippen molar-refractivity contribution in [2.45, 2.75) is 90.3 Å². The molecule has 0 spiro atoms. The van der Waals surface area contributed by atoms with Crippen molar-refractivity contribution in [1.29, 1.82) is 0 Å². The minimum absolute atomic E-state index is 0.134. The summed E-state index contributed by atoms with van der Waals surface area (Å²) in [4.78, 5) is 28.4. The van der Waals surface area contributed by atoms with Gasteiger partial charge in [-0.05, 0) is 54.0 Å². The molecule has 1 aliphatic carbocycles. The first-order chi connectivity index (χ1) is 16.7. The zero-order valence-electron chi connectivity index (χ0n) is 21.5. The van der Waals surface area contributed by atoms with Crippen molar-refractivity contribution in [1.82, 2.24) is 10.2 Å². The minimum Gasteiger partial charge on any atom is -0.483 e. The van der Waals surface area contributed by atoms with Crippen LogP contribution >= 0.6 is 0 Å². The van der Waals surface area contributed by atoms with E-state index >= 15 is 0 Å².